The Morgan fingerprint density at radius 2 is 2.11 bits per heavy atom. The van der Waals surface area contributed by atoms with E-state index in [2.05, 4.69) is 4.98 Å². The molecule has 1 fully saturated rings. The molecule has 0 spiro atoms. The third-order valence-electron chi connectivity index (χ3n) is 3.22. The van der Waals surface area contributed by atoms with Crippen molar-refractivity contribution in [3.05, 3.63) is 24.3 Å². The second-order valence-corrected chi connectivity index (χ2v) is 4.80. The van der Waals surface area contributed by atoms with Gasteiger partial charge in [0.15, 0.2) is 5.58 Å². The van der Waals surface area contributed by atoms with Crippen LogP contribution in [0.3, 0.4) is 0 Å². The number of carbonyl (C=O) groups excluding carboxylic acids is 1. The molecule has 0 radical (unpaired) electrons. The van der Waals surface area contributed by atoms with Crippen molar-refractivity contribution < 1.29 is 9.21 Å². The van der Waals surface area contributed by atoms with E-state index in [1.54, 1.807) is 19.0 Å². The molecular formula is C13H15N3O2. The third-order valence-corrected chi connectivity index (χ3v) is 3.22. The van der Waals surface area contributed by atoms with Crippen LogP contribution in [-0.4, -0.2) is 43.0 Å². The van der Waals surface area contributed by atoms with Crippen molar-refractivity contribution in [1.29, 1.82) is 0 Å². The van der Waals surface area contributed by atoms with Crippen LogP contribution in [-0.2, 0) is 4.79 Å². The van der Waals surface area contributed by atoms with Crippen molar-refractivity contribution in [2.24, 2.45) is 5.92 Å². The molecule has 0 unspecified atom stereocenters. The van der Waals surface area contributed by atoms with Crippen molar-refractivity contribution in [2.75, 3.05) is 32.1 Å². The summed E-state index contributed by atoms with van der Waals surface area (Å²) in [7, 11) is 3.56. The molecule has 1 aliphatic heterocycles. The average molecular weight is 245 g/mol. The number of aromatic nitrogens is 1. The van der Waals surface area contributed by atoms with E-state index in [1.807, 2.05) is 29.2 Å². The molecule has 0 saturated carbocycles. The van der Waals surface area contributed by atoms with Crippen LogP contribution in [0.2, 0.25) is 0 Å². The van der Waals surface area contributed by atoms with Crippen LogP contribution in [0.25, 0.3) is 11.1 Å². The van der Waals surface area contributed by atoms with Crippen LogP contribution in [0.5, 0.6) is 0 Å². The molecule has 3 rings (SSSR count). The van der Waals surface area contributed by atoms with Crippen LogP contribution in [0.15, 0.2) is 28.7 Å². The average Bonchev–Trinajstić information content (AvgIpc) is 2.69. The zero-order valence-corrected chi connectivity index (χ0v) is 10.5. The Labute approximate surface area is 105 Å². The smallest absolute Gasteiger partial charge is 0.298 e. The number of benzene rings is 1. The summed E-state index contributed by atoms with van der Waals surface area (Å²) in [6.07, 6.45) is 0. The van der Waals surface area contributed by atoms with Gasteiger partial charge >= 0.3 is 0 Å². The molecule has 0 atom stereocenters. The molecule has 1 aliphatic rings. The monoisotopic (exact) mass is 245 g/mol. The summed E-state index contributed by atoms with van der Waals surface area (Å²) < 4.78 is 5.65. The number of rotatable bonds is 2. The van der Waals surface area contributed by atoms with Crippen molar-refractivity contribution in [3.63, 3.8) is 0 Å². The lowest BCUT2D eigenvalue weighted by molar-refractivity contribution is -0.133. The van der Waals surface area contributed by atoms with Gasteiger partial charge in [0, 0.05) is 27.2 Å². The molecule has 1 aromatic carbocycles. The van der Waals surface area contributed by atoms with Crippen molar-refractivity contribution in [3.8, 4) is 0 Å². The minimum Gasteiger partial charge on any atom is -0.423 e. The Morgan fingerprint density at radius 3 is 2.78 bits per heavy atom. The van der Waals surface area contributed by atoms with E-state index in [1.165, 1.54) is 0 Å². The number of anilines is 1. The number of hydrogen-bond donors (Lipinski definition) is 0. The number of para-hydroxylation sites is 2. The Bertz CT molecular complexity index is 552. The van der Waals surface area contributed by atoms with Gasteiger partial charge in [-0.05, 0) is 12.1 Å². The SMILES string of the molecule is CN(C)C(=O)C1CN(c2nc3ccccc3o2)C1. The van der Waals surface area contributed by atoms with Crippen LogP contribution in [0, 0.1) is 5.92 Å². The quantitative estimate of drug-likeness (QED) is 0.801. The zero-order chi connectivity index (χ0) is 12.7. The topological polar surface area (TPSA) is 49.6 Å². The molecule has 1 aromatic heterocycles. The molecule has 1 amide bonds. The first-order valence-electron chi connectivity index (χ1n) is 5.97. The summed E-state index contributed by atoms with van der Waals surface area (Å²) in [4.78, 5) is 19.8. The number of amides is 1. The maximum Gasteiger partial charge on any atom is 0.298 e. The fourth-order valence-corrected chi connectivity index (χ4v) is 2.15. The molecule has 0 N–H and O–H groups in total. The summed E-state index contributed by atoms with van der Waals surface area (Å²) in [5.74, 6) is 0.234. The number of fused-ring (bicyclic) bond motifs is 1. The third kappa shape index (κ3) is 1.72. The maximum atomic E-state index is 11.7. The second kappa shape index (κ2) is 4.01. The van der Waals surface area contributed by atoms with Gasteiger partial charge in [-0.25, -0.2) is 0 Å². The predicted octanol–water partition coefficient (Wildman–Crippen LogP) is 1.35. The number of oxazole rings is 1. The van der Waals surface area contributed by atoms with Gasteiger partial charge in [0.05, 0.1) is 5.92 Å². The van der Waals surface area contributed by atoms with Gasteiger partial charge in [0.2, 0.25) is 5.91 Å². The van der Waals surface area contributed by atoms with E-state index in [-0.39, 0.29) is 11.8 Å². The summed E-state index contributed by atoms with van der Waals surface area (Å²) in [6, 6.07) is 8.28. The largest absolute Gasteiger partial charge is 0.423 e. The summed E-state index contributed by atoms with van der Waals surface area (Å²) in [6.45, 7) is 1.37. The first-order chi connectivity index (χ1) is 8.65. The minimum absolute atomic E-state index is 0.0648. The first kappa shape index (κ1) is 11.1. The van der Waals surface area contributed by atoms with E-state index in [0.29, 0.717) is 19.1 Å². The van der Waals surface area contributed by atoms with Gasteiger partial charge in [-0.3, -0.25) is 4.79 Å². The highest BCUT2D eigenvalue weighted by Gasteiger charge is 2.36. The van der Waals surface area contributed by atoms with Gasteiger partial charge in [-0.1, -0.05) is 12.1 Å². The fourth-order valence-electron chi connectivity index (χ4n) is 2.15. The Balaban J connectivity index is 1.73. The van der Waals surface area contributed by atoms with Crippen molar-refractivity contribution in [2.45, 2.75) is 0 Å². The van der Waals surface area contributed by atoms with Gasteiger partial charge in [0.25, 0.3) is 6.01 Å². The normalized spacial score (nSPS) is 15.8. The highest BCUT2D eigenvalue weighted by molar-refractivity contribution is 5.81. The van der Waals surface area contributed by atoms with E-state index in [9.17, 15) is 4.79 Å². The molecule has 94 valence electrons. The first-order valence-corrected chi connectivity index (χ1v) is 5.97. The molecular weight excluding hydrogens is 230 g/mol. The lowest BCUT2D eigenvalue weighted by Gasteiger charge is -2.38. The van der Waals surface area contributed by atoms with Crippen LogP contribution >= 0.6 is 0 Å². The summed E-state index contributed by atoms with van der Waals surface area (Å²) in [5.41, 5.74) is 1.64. The standard InChI is InChI=1S/C13H15N3O2/c1-15(2)12(17)9-7-16(8-9)13-14-10-5-3-4-6-11(10)18-13/h3-6,9H,7-8H2,1-2H3. The van der Waals surface area contributed by atoms with Gasteiger partial charge in [-0.2, -0.15) is 4.98 Å². The highest BCUT2D eigenvalue weighted by atomic mass is 16.4. The number of hydrogen-bond acceptors (Lipinski definition) is 4. The summed E-state index contributed by atoms with van der Waals surface area (Å²) >= 11 is 0. The van der Waals surface area contributed by atoms with E-state index in [4.69, 9.17) is 4.42 Å². The van der Waals surface area contributed by atoms with E-state index >= 15 is 0 Å². The molecule has 5 nitrogen and oxygen atoms in total. The molecule has 5 heteroatoms. The molecule has 2 aromatic rings. The van der Waals surface area contributed by atoms with E-state index < -0.39 is 0 Å². The van der Waals surface area contributed by atoms with Gasteiger partial charge < -0.3 is 14.2 Å². The number of carbonyl (C=O) groups is 1. The van der Waals surface area contributed by atoms with Gasteiger partial charge in [-0.15, -0.1) is 0 Å². The second-order valence-electron chi connectivity index (χ2n) is 4.80. The lowest BCUT2D eigenvalue weighted by atomic mass is 9.99. The Kier molecular flexibility index (Phi) is 2.47. The van der Waals surface area contributed by atoms with Crippen LogP contribution in [0.4, 0.5) is 6.01 Å². The van der Waals surface area contributed by atoms with Gasteiger partial charge in [0.1, 0.15) is 5.52 Å². The van der Waals surface area contributed by atoms with Crippen LogP contribution in [0.1, 0.15) is 0 Å². The maximum absolute atomic E-state index is 11.7. The lowest BCUT2D eigenvalue weighted by Crippen LogP contribution is -2.53. The predicted molar refractivity (Wildman–Crippen MR) is 68.4 cm³/mol. The number of nitrogens with zero attached hydrogens (tertiary/aromatic N) is 3. The summed E-state index contributed by atoms with van der Waals surface area (Å²) in [5, 5.41) is 0. The Morgan fingerprint density at radius 1 is 1.39 bits per heavy atom. The van der Waals surface area contributed by atoms with E-state index in [0.717, 1.165) is 11.1 Å². The zero-order valence-electron chi connectivity index (χ0n) is 10.5. The van der Waals surface area contributed by atoms with Crippen molar-refractivity contribution in [1.82, 2.24) is 9.88 Å². The minimum atomic E-state index is 0.0648. The molecule has 18 heavy (non-hydrogen) atoms. The molecule has 1 saturated heterocycles. The molecule has 0 aliphatic carbocycles. The van der Waals surface area contributed by atoms with Crippen LogP contribution < -0.4 is 4.90 Å². The van der Waals surface area contributed by atoms with Crippen molar-refractivity contribution >= 4 is 23.0 Å². The molecule has 0 bridgehead atoms. The molecule has 2 heterocycles. The fraction of sp³-hybridized carbons (Fsp3) is 0.385. The Hall–Kier alpha value is -2.04. The highest BCUT2D eigenvalue weighted by Crippen LogP contribution is 2.28.